The Bertz CT molecular complexity index is 1030. The Labute approximate surface area is 181 Å². The molecule has 0 saturated heterocycles. The highest BCUT2D eigenvalue weighted by Gasteiger charge is 2.21. The van der Waals surface area contributed by atoms with Gasteiger partial charge in [0, 0.05) is 12.0 Å². The average molecular weight is 413 g/mol. The lowest BCUT2D eigenvalue weighted by atomic mass is 10.0. The summed E-state index contributed by atoms with van der Waals surface area (Å²) in [6.07, 6.45) is 0.287. The Kier molecular flexibility index (Phi) is 7.78. The minimum absolute atomic E-state index is 0.122. The highest BCUT2D eigenvalue weighted by molar-refractivity contribution is 5.97. The van der Waals surface area contributed by atoms with E-state index in [0.29, 0.717) is 17.9 Å². The minimum Gasteiger partial charge on any atom is -0.489 e. The van der Waals surface area contributed by atoms with Crippen molar-refractivity contribution in [1.29, 1.82) is 5.26 Å². The van der Waals surface area contributed by atoms with Crippen LogP contribution in [0.2, 0.25) is 0 Å². The maximum absolute atomic E-state index is 12.5. The van der Waals surface area contributed by atoms with Gasteiger partial charge in [-0.1, -0.05) is 60.7 Å². The number of rotatable bonds is 9. The Morgan fingerprint density at radius 3 is 2.16 bits per heavy atom. The van der Waals surface area contributed by atoms with Crippen molar-refractivity contribution in [3.8, 4) is 11.8 Å². The van der Waals surface area contributed by atoms with E-state index in [2.05, 4.69) is 10.6 Å². The Hall–Kier alpha value is -4.11. The fourth-order valence-electron chi connectivity index (χ4n) is 2.99. The summed E-state index contributed by atoms with van der Waals surface area (Å²) in [5, 5.41) is 14.0. The summed E-state index contributed by atoms with van der Waals surface area (Å²) in [7, 11) is 0. The van der Waals surface area contributed by atoms with Crippen LogP contribution in [0.1, 0.15) is 21.5 Å². The number of ether oxygens (including phenoxy) is 1. The standard InChI is InChI=1S/C25H23N3O3/c26-15-16-27-25(30)23(28-24(29)21-9-5-2-6-10-21)17-19-11-13-22(14-12-19)31-18-20-7-3-1-4-8-20/h1-14,23H,16-18H2,(H,27,30)(H,28,29)/t23-/m0/s1. The third-order valence-corrected chi connectivity index (χ3v) is 4.61. The van der Waals surface area contributed by atoms with Crippen LogP contribution in [-0.2, 0) is 17.8 Å². The summed E-state index contributed by atoms with van der Waals surface area (Å²) < 4.78 is 5.79. The molecule has 0 fully saturated rings. The highest BCUT2D eigenvalue weighted by Crippen LogP contribution is 2.16. The average Bonchev–Trinajstić information content (AvgIpc) is 2.82. The first-order valence-corrected chi connectivity index (χ1v) is 9.92. The van der Waals surface area contributed by atoms with Gasteiger partial charge in [0.15, 0.2) is 0 Å². The second kappa shape index (κ2) is 11.2. The van der Waals surface area contributed by atoms with E-state index in [1.165, 1.54) is 0 Å². The third kappa shape index (κ3) is 6.72. The molecular weight excluding hydrogens is 390 g/mol. The van der Waals surface area contributed by atoms with Crippen LogP contribution in [0.5, 0.6) is 5.75 Å². The molecule has 0 aliphatic rings. The van der Waals surface area contributed by atoms with E-state index in [-0.39, 0.29) is 18.9 Å². The maximum Gasteiger partial charge on any atom is 0.251 e. The van der Waals surface area contributed by atoms with Gasteiger partial charge in [0.25, 0.3) is 5.91 Å². The number of nitrogens with zero attached hydrogens (tertiary/aromatic N) is 1. The molecule has 0 radical (unpaired) electrons. The zero-order valence-corrected chi connectivity index (χ0v) is 17.0. The van der Waals surface area contributed by atoms with Crippen LogP contribution in [-0.4, -0.2) is 24.4 Å². The first kappa shape index (κ1) is 21.6. The number of carbonyl (C=O) groups is 2. The topological polar surface area (TPSA) is 91.2 Å². The van der Waals surface area contributed by atoms with Crippen molar-refractivity contribution in [1.82, 2.24) is 10.6 Å². The van der Waals surface area contributed by atoms with Crippen LogP contribution in [0.4, 0.5) is 0 Å². The van der Waals surface area contributed by atoms with E-state index >= 15 is 0 Å². The van der Waals surface area contributed by atoms with Gasteiger partial charge in [0.05, 0.1) is 6.07 Å². The van der Waals surface area contributed by atoms with Crippen molar-refractivity contribution in [2.24, 2.45) is 0 Å². The number of amides is 2. The summed E-state index contributed by atoms with van der Waals surface area (Å²) in [5.74, 6) is -0.0397. The van der Waals surface area contributed by atoms with E-state index in [1.807, 2.05) is 66.7 Å². The van der Waals surface area contributed by atoms with Crippen LogP contribution in [0.25, 0.3) is 0 Å². The van der Waals surface area contributed by atoms with Gasteiger partial charge in [-0.2, -0.15) is 5.26 Å². The summed E-state index contributed by atoms with van der Waals surface area (Å²) in [6, 6.07) is 27.0. The largest absolute Gasteiger partial charge is 0.489 e. The van der Waals surface area contributed by atoms with Crippen molar-refractivity contribution in [2.45, 2.75) is 19.1 Å². The van der Waals surface area contributed by atoms with Crippen molar-refractivity contribution in [2.75, 3.05) is 6.54 Å². The van der Waals surface area contributed by atoms with E-state index in [0.717, 1.165) is 11.1 Å². The molecule has 156 valence electrons. The van der Waals surface area contributed by atoms with Gasteiger partial charge in [0.1, 0.15) is 24.9 Å². The molecule has 3 aromatic carbocycles. The number of hydrogen-bond acceptors (Lipinski definition) is 4. The highest BCUT2D eigenvalue weighted by atomic mass is 16.5. The number of nitrogens with one attached hydrogen (secondary N) is 2. The third-order valence-electron chi connectivity index (χ3n) is 4.61. The predicted molar refractivity (Wildman–Crippen MR) is 117 cm³/mol. The molecule has 3 rings (SSSR count). The summed E-state index contributed by atoms with van der Waals surface area (Å²) in [4.78, 5) is 25.0. The number of carbonyl (C=O) groups excluding carboxylic acids is 2. The van der Waals surface area contributed by atoms with Crippen molar-refractivity contribution in [3.63, 3.8) is 0 Å². The van der Waals surface area contributed by atoms with Gasteiger partial charge in [-0.15, -0.1) is 0 Å². The van der Waals surface area contributed by atoms with E-state index < -0.39 is 11.9 Å². The normalized spacial score (nSPS) is 11.1. The van der Waals surface area contributed by atoms with Gasteiger partial charge in [0.2, 0.25) is 5.91 Å². The van der Waals surface area contributed by atoms with Crippen molar-refractivity contribution in [3.05, 3.63) is 102 Å². The lowest BCUT2D eigenvalue weighted by molar-refractivity contribution is -0.122. The summed E-state index contributed by atoms with van der Waals surface area (Å²) >= 11 is 0. The molecule has 0 aliphatic heterocycles. The second-order valence-electron chi connectivity index (χ2n) is 6.89. The number of benzene rings is 3. The van der Waals surface area contributed by atoms with Crippen LogP contribution >= 0.6 is 0 Å². The molecule has 0 heterocycles. The first-order valence-electron chi connectivity index (χ1n) is 9.92. The van der Waals surface area contributed by atoms with Gasteiger partial charge >= 0.3 is 0 Å². The van der Waals surface area contributed by atoms with Gasteiger partial charge < -0.3 is 15.4 Å². The summed E-state index contributed by atoms with van der Waals surface area (Å²) in [6.45, 7) is 0.343. The number of hydrogen-bond donors (Lipinski definition) is 2. The molecule has 3 aromatic rings. The fraction of sp³-hybridized carbons (Fsp3) is 0.160. The molecule has 0 spiro atoms. The molecule has 0 aromatic heterocycles. The Balaban J connectivity index is 1.64. The SMILES string of the molecule is N#CCNC(=O)[C@H](Cc1ccc(OCc2ccccc2)cc1)NC(=O)c1ccccc1. The zero-order valence-electron chi connectivity index (χ0n) is 17.0. The van der Waals surface area contributed by atoms with E-state index in [4.69, 9.17) is 10.00 Å². The van der Waals surface area contributed by atoms with Crippen molar-refractivity contribution < 1.29 is 14.3 Å². The van der Waals surface area contributed by atoms with Gasteiger partial charge in [-0.25, -0.2) is 0 Å². The fourth-order valence-corrected chi connectivity index (χ4v) is 2.99. The van der Waals surface area contributed by atoms with Gasteiger partial charge in [-0.3, -0.25) is 9.59 Å². The second-order valence-corrected chi connectivity index (χ2v) is 6.89. The molecule has 6 heteroatoms. The molecule has 2 amide bonds. The van der Waals surface area contributed by atoms with Crippen molar-refractivity contribution >= 4 is 11.8 Å². The lowest BCUT2D eigenvalue weighted by Gasteiger charge is -2.18. The molecule has 6 nitrogen and oxygen atoms in total. The quantitative estimate of drug-likeness (QED) is 0.527. The van der Waals surface area contributed by atoms with Crippen LogP contribution < -0.4 is 15.4 Å². The number of nitriles is 1. The van der Waals surface area contributed by atoms with E-state index in [1.54, 1.807) is 24.3 Å². The predicted octanol–water partition coefficient (Wildman–Crippen LogP) is 3.25. The molecule has 2 N–H and O–H groups in total. The van der Waals surface area contributed by atoms with Crippen LogP contribution in [0.3, 0.4) is 0 Å². The Morgan fingerprint density at radius 1 is 0.871 bits per heavy atom. The van der Waals surface area contributed by atoms with Crippen LogP contribution in [0.15, 0.2) is 84.9 Å². The molecule has 0 bridgehead atoms. The van der Waals surface area contributed by atoms with E-state index in [9.17, 15) is 9.59 Å². The molecule has 31 heavy (non-hydrogen) atoms. The monoisotopic (exact) mass is 413 g/mol. The molecule has 1 atom stereocenters. The smallest absolute Gasteiger partial charge is 0.251 e. The van der Waals surface area contributed by atoms with Crippen LogP contribution in [0, 0.1) is 11.3 Å². The molecule has 0 aliphatic carbocycles. The molecule has 0 saturated carbocycles. The lowest BCUT2D eigenvalue weighted by Crippen LogP contribution is -2.48. The zero-order chi connectivity index (χ0) is 21.9. The Morgan fingerprint density at radius 2 is 1.52 bits per heavy atom. The molecule has 0 unspecified atom stereocenters. The maximum atomic E-state index is 12.5. The first-order chi connectivity index (χ1) is 15.2. The minimum atomic E-state index is -0.808. The summed E-state index contributed by atoms with van der Waals surface area (Å²) in [5.41, 5.74) is 2.40. The molecular formula is C25H23N3O3. The van der Waals surface area contributed by atoms with Gasteiger partial charge in [-0.05, 0) is 35.4 Å².